The van der Waals surface area contributed by atoms with E-state index in [-0.39, 0.29) is 28.2 Å². The van der Waals surface area contributed by atoms with E-state index in [4.69, 9.17) is 16.2 Å². The summed E-state index contributed by atoms with van der Waals surface area (Å²) in [5, 5.41) is 4.98. The fourth-order valence-corrected chi connectivity index (χ4v) is 5.72. The maximum atomic E-state index is 13.9. The van der Waals surface area contributed by atoms with Crippen molar-refractivity contribution in [3.63, 3.8) is 0 Å². The van der Waals surface area contributed by atoms with Gasteiger partial charge in [-0.3, -0.25) is 19.3 Å². The van der Waals surface area contributed by atoms with E-state index in [0.717, 1.165) is 37.2 Å². The quantitative estimate of drug-likeness (QED) is 0.398. The van der Waals surface area contributed by atoms with E-state index >= 15 is 0 Å². The fourth-order valence-electron chi connectivity index (χ4n) is 4.16. The average Bonchev–Trinajstić information content (AvgIpc) is 3.60. The summed E-state index contributed by atoms with van der Waals surface area (Å²) in [6, 6.07) is 9.70. The third-order valence-electron chi connectivity index (χ3n) is 5.82. The lowest BCUT2D eigenvalue weighted by molar-refractivity contribution is -0.123. The van der Waals surface area contributed by atoms with E-state index < -0.39 is 17.9 Å². The van der Waals surface area contributed by atoms with Crippen molar-refractivity contribution in [3.8, 4) is 5.75 Å². The molecule has 4 rings (SSSR count). The first-order valence-electron chi connectivity index (χ1n) is 11.4. The maximum Gasteiger partial charge on any atom is 0.273 e. The van der Waals surface area contributed by atoms with Crippen LogP contribution in [0, 0.1) is 0 Å². The van der Waals surface area contributed by atoms with E-state index in [1.54, 1.807) is 24.3 Å². The number of hydrogen-bond donors (Lipinski definition) is 3. The van der Waals surface area contributed by atoms with Gasteiger partial charge >= 0.3 is 0 Å². The summed E-state index contributed by atoms with van der Waals surface area (Å²) < 4.78 is 9.52. The molecule has 0 spiro atoms. The van der Waals surface area contributed by atoms with Crippen LogP contribution >= 0.6 is 22.9 Å². The first-order chi connectivity index (χ1) is 16.9. The molecule has 1 fully saturated rings. The minimum atomic E-state index is -0.945. The number of nitrogens with two attached hydrogens (primary N) is 2. The predicted molar refractivity (Wildman–Crippen MR) is 137 cm³/mol. The molecule has 5 N–H and O–H groups in total. The SMILES string of the molecule is CCOc1ccc(N(C(=O)c2snc(C(N)=O)c2N)[C@H](C(=O)NC2CCCC2)c2cccs2)cc1. The van der Waals surface area contributed by atoms with Crippen molar-refractivity contribution in [2.45, 2.75) is 44.7 Å². The number of carbonyl (C=O) groups is 3. The molecule has 2 aromatic heterocycles. The molecule has 0 bridgehead atoms. The highest BCUT2D eigenvalue weighted by atomic mass is 32.1. The number of carbonyl (C=O) groups excluding carboxylic acids is 3. The summed E-state index contributed by atoms with van der Waals surface area (Å²) in [4.78, 5) is 41.5. The van der Waals surface area contributed by atoms with Crippen LogP contribution < -0.4 is 26.4 Å². The van der Waals surface area contributed by atoms with E-state index in [9.17, 15) is 14.4 Å². The molecule has 9 nitrogen and oxygen atoms in total. The number of hydrogen-bond acceptors (Lipinski definition) is 8. The molecular formula is C24H27N5O4S2. The molecule has 184 valence electrons. The molecule has 0 saturated heterocycles. The van der Waals surface area contributed by atoms with Gasteiger partial charge in [0.05, 0.1) is 12.3 Å². The Kier molecular flexibility index (Phi) is 7.67. The average molecular weight is 514 g/mol. The van der Waals surface area contributed by atoms with Gasteiger partial charge in [0.15, 0.2) is 11.7 Å². The molecule has 1 aliphatic rings. The lowest BCUT2D eigenvalue weighted by Crippen LogP contribution is -2.46. The van der Waals surface area contributed by atoms with Gasteiger partial charge in [0.1, 0.15) is 10.6 Å². The van der Waals surface area contributed by atoms with E-state index in [1.807, 2.05) is 24.4 Å². The first-order valence-corrected chi connectivity index (χ1v) is 13.0. The van der Waals surface area contributed by atoms with Crippen molar-refractivity contribution < 1.29 is 19.1 Å². The Morgan fingerprint density at radius 2 is 1.91 bits per heavy atom. The Morgan fingerprint density at radius 3 is 2.49 bits per heavy atom. The Balaban J connectivity index is 1.79. The molecule has 3 amide bonds. The molecule has 11 heteroatoms. The Bertz CT molecular complexity index is 1190. The number of benzene rings is 1. The van der Waals surface area contributed by atoms with Gasteiger partial charge in [-0.2, -0.15) is 4.37 Å². The summed E-state index contributed by atoms with van der Waals surface area (Å²) >= 11 is 2.17. The van der Waals surface area contributed by atoms with Crippen LogP contribution in [0.4, 0.5) is 11.4 Å². The van der Waals surface area contributed by atoms with Crippen molar-refractivity contribution in [2.24, 2.45) is 5.73 Å². The van der Waals surface area contributed by atoms with Gasteiger partial charge in [0.25, 0.3) is 11.8 Å². The number of thiophene rings is 1. The van der Waals surface area contributed by atoms with E-state index in [0.29, 0.717) is 22.9 Å². The van der Waals surface area contributed by atoms with Gasteiger partial charge in [-0.1, -0.05) is 18.9 Å². The fraction of sp³-hybridized carbons (Fsp3) is 0.333. The Hall–Kier alpha value is -3.44. The second-order valence-electron chi connectivity index (χ2n) is 8.15. The number of nitrogens with zero attached hydrogens (tertiary/aromatic N) is 2. The van der Waals surface area contributed by atoms with Crippen LogP contribution in [0.15, 0.2) is 41.8 Å². The zero-order valence-electron chi connectivity index (χ0n) is 19.2. The zero-order chi connectivity index (χ0) is 24.9. The van der Waals surface area contributed by atoms with E-state index in [2.05, 4.69) is 9.69 Å². The third-order valence-corrected chi connectivity index (χ3v) is 7.60. The van der Waals surface area contributed by atoms with Gasteiger partial charge < -0.3 is 21.5 Å². The van der Waals surface area contributed by atoms with Gasteiger partial charge in [-0.05, 0) is 67.0 Å². The highest BCUT2D eigenvalue weighted by molar-refractivity contribution is 7.10. The monoisotopic (exact) mass is 513 g/mol. The standard InChI is InChI=1S/C24H27N5O4S2/c1-2-33-16-11-9-15(10-12-16)29(24(32)21-18(25)19(22(26)30)28-35-21)20(17-8-5-13-34-17)23(31)27-14-6-3-4-7-14/h5,8-14,20H,2-4,6-7,25H2,1H3,(H2,26,30)(H,27,31)/t20-/m0/s1. The largest absolute Gasteiger partial charge is 0.494 e. The summed E-state index contributed by atoms with van der Waals surface area (Å²) in [5.41, 5.74) is 11.7. The van der Waals surface area contributed by atoms with Gasteiger partial charge in [0.2, 0.25) is 5.91 Å². The van der Waals surface area contributed by atoms with Crippen molar-refractivity contribution in [1.82, 2.24) is 9.69 Å². The molecule has 0 aliphatic heterocycles. The lowest BCUT2D eigenvalue weighted by Gasteiger charge is -2.31. The highest BCUT2D eigenvalue weighted by Crippen LogP contribution is 2.35. The van der Waals surface area contributed by atoms with Crippen LogP contribution in [0.1, 0.15) is 63.7 Å². The lowest BCUT2D eigenvalue weighted by atomic mass is 10.1. The van der Waals surface area contributed by atoms with Crippen LogP contribution in [-0.2, 0) is 4.79 Å². The molecule has 0 unspecified atom stereocenters. The predicted octanol–water partition coefficient (Wildman–Crippen LogP) is 3.73. The highest BCUT2D eigenvalue weighted by Gasteiger charge is 2.37. The Morgan fingerprint density at radius 1 is 1.20 bits per heavy atom. The number of nitrogens with one attached hydrogen (secondary N) is 1. The van der Waals surface area contributed by atoms with Crippen molar-refractivity contribution in [1.29, 1.82) is 0 Å². The molecule has 35 heavy (non-hydrogen) atoms. The Labute approximate surface area is 211 Å². The molecule has 1 aromatic carbocycles. The van der Waals surface area contributed by atoms with Gasteiger partial charge in [-0.15, -0.1) is 11.3 Å². The minimum Gasteiger partial charge on any atom is -0.494 e. The second kappa shape index (κ2) is 10.9. The molecule has 3 aromatic rings. The van der Waals surface area contributed by atoms with Crippen LogP contribution in [0.25, 0.3) is 0 Å². The third kappa shape index (κ3) is 5.30. The van der Waals surface area contributed by atoms with Gasteiger partial charge in [-0.25, -0.2) is 0 Å². The summed E-state index contributed by atoms with van der Waals surface area (Å²) in [7, 11) is 0. The molecule has 1 atom stereocenters. The maximum absolute atomic E-state index is 13.9. The molecule has 1 saturated carbocycles. The molecule has 0 radical (unpaired) electrons. The summed E-state index contributed by atoms with van der Waals surface area (Å²) in [6.45, 7) is 2.38. The normalized spacial score (nSPS) is 14.4. The molecule has 2 heterocycles. The smallest absolute Gasteiger partial charge is 0.273 e. The van der Waals surface area contributed by atoms with Crippen LogP contribution in [-0.4, -0.2) is 34.7 Å². The zero-order valence-corrected chi connectivity index (χ0v) is 20.9. The number of rotatable bonds is 9. The number of anilines is 2. The molecular weight excluding hydrogens is 486 g/mol. The summed E-state index contributed by atoms with van der Waals surface area (Å²) in [6.07, 6.45) is 3.93. The first kappa shape index (κ1) is 24.7. The number of nitrogen functional groups attached to an aromatic ring is 1. The van der Waals surface area contributed by atoms with E-state index in [1.165, 1.54) is 16.2 Å². The number of aromatic nitrogens is 1. The van der Waals surface area contributed by atoms with Crippen LogP contribution in [0.3, 0.4) is 0 Å². The van der Waals surface area contributed by atoms with Crippen molar-refractivity contribution in [2.75, 3.05) is 17.2 Å². The minimum absolute atomic E-state index is 0.0444. The van der Waals surface area contributed by atoms with Crippen molar-refractivity contribution >= 4 is 52.0 Å². The molecule has 1 aliphatic carbocycles. The van der Waals surface area contributed by atoms with Crippen LogP contribution in [0.5, 0.6) is 5.75 Å². The second-order valence-corrected chi connectivity index (χ2v) is 9.90. The summed E-state index contributed by atoms with van der Waals surface area (Å²) in [5.74, 6) is -1.00. The topological polar surface area (TPSA) is 141 Å². The van der Waals surface area contributed by atoms with Crippen molar-refractivity contribution in [3.05, 3.63) is 57.2 Å². The van der Waals surface area contributed by atoms with Crippen LogP contribution in [0.2, 0.25) is 0 Å². The number of ether oxygens (including phenoxy) is 1. The number of amides is 3. The van der Waals surface area contributed by atoms with Gasteiger partial charge in [0, 0.05) is 16.6 Å². The number of primary amides is 1.